The Morgan fingerprint density at radius 2 is 1.95 bits per heavy atom. The SMILES string of the molecule is Nc1cccc(-c2ncn(Cc3cc(F)ccc3F)n2)c1. The Morgan fingerprint density at radius 1 is 1.10 bits per heavy atom. The van der Waals surface area contributed by atoms with Gasteiger partial charge >= 0.3 is 0 Å². The molecule has 0 spiro atoms. The van der Waals surface area contributed by atoms with E-state index in [-0.39, 0.29) is 12.1 Å². The van der Waals surface area contributed by atoms with Crippen molar-refractivity contribution in [2.24, 2.45) is 0 Å². The molecule has 4 nitrogen and oxygen atoms in total. The van der Waals surface area contributed by atoms with Crippen molar-refractivity contribution in [2.45, 2.75) is 6.54 Å². The first kappa shape index (κ1) is 13.2. The molecule has 0 radical (unpaired) electrons. The first-order chi connectivity index (χ1) is 10.1. The van der Waals surface area contributed by atoms with Crippen molar-refractivity contribution in [2.75, 3.05) is 5.73 Å². The molecule has 1 heterocycles. The van der Waals surface area contributed by atoms with Crippen molar-refractivity contribution in [3.63, 3.8) is 0 Å². The molecule has 0 aliphatic rings. The molecule has 2 N–H and O–H groups in total. The molecule has 0 saturated heterocycles. The van der Waals surface area contributed by atoms with E-state index in [1.807, 2.05) is 6.07 Å². The molecule has 0 saturated carbocycles. The summed E-state index contributed by atoms with van der Waals surface area (Å²) in [6.45, 7) is 0.110. The van der Waals surface area contributed by atoms with Crippen LogP contribution >= 0.6 is 0 Å². The number of hydrogen-bond acceptors (Lipinski definition) is 3. The lowest BCUT2D eigenvalue weighted by atomic mass is 10.2. The lowest BCUT2D eigenvalue weighted by Gasteiger charge is -2.03. The Hall–Kier alpha value is -2.76. The van der Waals surface area contributed by atoms with Crippen molar-refractivity contribution in [3.05, 3.63) is 66.0 Å². The summed E-state index contributed by atoms with van der Waals surface area (Å²) in [7, 11) is 0. The van der Waals surface area contributed by atoms with Crippen LogP contribution in [0.1, 0.15) is 5.56 Å². The van der Waals surface area contributed by atoms with Gasteiger partial charge in [0.15, 0.2) is 5.82 Å². The third-order valence-corrected chi connectivity index (χ3v) is 3.02. The summed E-state index contributed by atoms with van der Waals surface area (Å²) < 4.78 is 28.2. The predicted octanol–water partition coefficient (Wildman–Crippen LogP) is 2.85. The molecule has 0 bridgehead atoms. The summed E-state index contributed by atoms with van der Waals surface area (Å²) in [5.41, 5.74) is 7.31. The van der Waals surface area contributed by atoms with E-state index >= 15 is 0 Å². The number of rotatable bonds is 3. The van der Waals surface area contributed by atoms with E-state index in [9.17, 15) is 8.78 Å². The molecule has 0 unspecified atom stereocenters. The second-order valence-electron chi connectivity index (χ2n) is 4.63. The molecule has 106 valence electrons. The third kappa shape index (κ3) is 2.89. The summed E-state index contributed by atoms with van der Waals surface area (Å²) in [6.07, 6.45) is 1.48. The minimum absolute atomic E-state index is 0.110. The zero-order valence-corrected chi connectivity index (χ0v) is 11.0. The van der Waals surface area contributed by atoms with Gasteiger partial charge in [-0.05, 0) is 30.3 Å². The Balaban J connectivity index is 1.87. The lowest BCUT2D eigenvalue weighted by molar-refractivity contribution is 0.566. The van der Waals surface area contributed by atoms with Gasteiger partial charge in [0, 0.05) is 16.8 Å². The molecule has 0 amide bonds. The number of benzene rings is 2. The smallest absolute Gasteiger partial charge is 0.181 e. The number of nitrogen functional groups attached to an aromatic ring is 1. The van der Waals surface area contributed by atoms with Crippen LogP contribution in [0.3, 0.4) is 0 Å². The van der Waals surface area contributed by atoms with E-state index in [0.717, 1.165) is 23.8 Å². The van der Waals surface area contributed by atoms with Crippen LogP contribution in [-0.2, 0) is 6.54 Å². The molecular formula is C15H12F2N4. The number of nitrogens with zero attached hydrogens (tertiary/aromatic N) is 3. The summed E-state index contributed by atoms with van der Waals surface area (Å²) in [5, 5.41) is 4.25. The van der Waals surface area contributed by atoms with Gasteiger partial charge in [0.25, 0.3) is 0 Å². The van der Waals surface area contributed by atoms with Gasteiger partial charge in [-0.2, -0.15) is 5.10 Å². The highest BCUT2D eigenvalue weighted by Crippen LogP contribution is 2.18. The summed E-state index contributed by atoms with van der Waals surface area (Å²) in [6, 6.07) is 10.5. The number of halogens is 2. The fourth-order valence-electron chi connectivity index (χ4n) is 2.02. The Labute approximate surface area is 119 Å². The molecule has 6 heteroatoms. The number of anilines is 1. The normalized spacial score (nSPS) is 10.8. The van der Waals surface area contributed by atoms with E-state index in [2.05, 4.69) is 10.1 Å². The van der Waals surface area contributed by atoms with Gasteiger partial charge in [-0.15, -0.1) is 0 Å². The first-order valence-corrected chi connectivity index (χ1v) is 6.31. The molecular weight excluding hydrogens is 274 g/mol. The Kier molecular flexibility index (Phi) is 3.35. The largest absolute Gasteiger partial charge is 0.399 e. The highest BCUT2D eigenvalue weighted by atomic mass is 19.1. The second kappa shape index (κ2) is 5.32. The Morgan fingerprint density at radius 3 is 2.76 bits per heavy atom. The van der Waals surface area contributed by atoms with E-state index in [0.29, 0.717) is 11.5 Å². The second-order valence-corrected chi connectivity index (χ2v) is 4.63. The van der Waals surface area contributed by atoms with Crippen LogP contribution in [0.15, 0.2) is 48.8 Å². The highest BCUT2D eigenvalue weighted by molar-refractivity contribution is 5.60. The van der Waals surface area contributed by atoms with E-state index in [1.54, 1.807) is 18.2 Å². The summed E-state index contributed by atoms with van der Waals surface area (Å²) in [4.78, 5) is 4.16. The molecule has 3 rings (SSSR count). The van der Waals surface area contributed by atoms with E-state index in [1.165, 1.54) is 11.0 Å². The molecule has 3 aromatic rings. The summed E-state index contributed by atoms with van der Waals surface area (Å²) >= 11 is 0. The van der Waals surface area contributed by atoms with Crippen LogP contribution in [-0.4, -0.2) is 14.8 Å². The van der Waals surface area contributed by atoms with Crippen molar-refractivity contribution < 1.29 is 8.78 Å². The van der Waals surface area contributed by atoms with Gasteiger partial charge in [0.2, 0.25) is 0 Å². The average molecular weight is 286 g/mol. The van der Waals surface area contributed by atoms with Crippen molar-refractivity contribution in [1.29, 1.82) is 0 Å². The third-order valence-electron chi connectivity index (χ3n) is 3.02. The van der Waals surface area contributed by atoms with E-state index < -0.39 is 11.6 Å². The molecule has 0 aliphatic heterocycles. The fourth-order valence-corrected chi connectivity index (χ4v) is 2.02. The van der Waals surface area contributed by atoms with Gasteiger partial charge in [-0.1, -0.05) is 12.1 Å². The molecule has 2 aromatic carbocycles. The number of hydrogen-bond donors (Lipinski definition) is 1. The minimum atomic E-state index is -0.484. The molecule has 0 aliphatic carbocycles. The minimum Gasteiger partial charge on any atom is -0.399 e. The monoisotopic (exact) mass is 286 g/mol. The van der Waals surface area contributed by atoms with Crippen LogP contribution in [0.2, 0.25) is 0 Å². The Bertz CT molecular complexity index is 783. The highest BCUT2D eigenvalue weighted by Gasteiger charge is 2.08. The zero-order chi connectivity index (χ0) is 14.8. The summed E-state index contributed by atoms with van der Waals surface area (Å²) in [5.74, 6) is -0.473. The maximum Gasteiger partial charge on any atom is 0.181 e. The number of nitrogens with two attached hydrogens (primary N) is 1. The van der Waals surface area contributed by atoms with Crippen LogP contribution in [0.25, 0.3) is 11.4 Å². The first-order valence-electron chi connectivity index (χ1n) is 6.31. The quantitative estimate of drug-likeness (QED) is 0.753. The molecule has 1 aromatic heterocycles. The van der Waals surface area contributed by atoms with Crippen molar-refractivity contribution in [3.8, 4) is 11.4 Å². The van der Waals surface area contributed by atoms with Crippen LogP contribution in [0.4, 0.5) is 14.5 Å². The van der Waals surface area contributed by atoms with Gasteiger partial charge in [0.05, 0.1) is 6.54 Å². The predicted molar refractivity (Wildman–Crippen MR) is 75.3 cm³/mol. The molecule has 0 atom stereocenters. The van der Waals surface area contributed by atoms with Gasteiger partial charge in [0.1, 0.15) is 18.0 Å². The molecule has 0 fully saturated rings. The van der Waals surface area contributed by atoms with Gasteiger partial charge < -0.3 is 5.73 Å². The van der Waals surface area contributed by atoms with Crippen LogP contribution < -0.4 is 5.73 Å². The number of aromatic nitrogens is 3. The standard InChI is InChI=1S/C15H12F2N4/c16-12-4-5-14(17)11(6-12)8-21-9-19-15(20-21)10-2-1-3-13(18)7-10/h1-7,9H,8,18H2. The van der Waals surface area contributed by atoms with Gasteiger partial charge in [-0.3, -0.25) is 0 Å². The molecule has 21 heavy (non-hydrogen) atoms. The van der Waals surface area contributed by atoms with Gasteiger partial charge in [-0.25, -0.2) is 18.4 Å². The maximum atomic E-state index is 13.6. The van der Waals surface area contributed by atoms with Crippen molar-refractivity contribution >= 4 is 5.69 Å². The lowest BCUT2D eigenvalue weighted by Crippen LogP contribution is -2.03. The maximum absolute atomic E-state index is 13.6. The fraction of sp³-hybridized carbons (Fsp3) is 0.0667. The average Bonchev–Trinajstić information content (AvgIpc) is 2.91. The van der Waals surface area contributed by atoms with Crippen molar-refractivity contribution in [1.82, 2.24) is 14.8 Å². The van der Waals surface area contributed by atoms with E-state index in [4.69, 9.17) is 5.73 Å². The topological polar surface area (TPSA) is 56.7 Å². The van der Waals surface area contributed by atoms with Crippen LogP contribution in [0.5, 0.6) is 0 Å². The zero-order valence-electron chi connectivity index (χ0n) is 11.0. The van der Waals surface area contributed by atoms with Crippen LogP contribution in [0, 0.1) is 11.6 Å².